The van der Waals surface area contributed by atoms with Crippen molar-refractivity contribution in [3.05, 3.63) is 60.4 Å². The molecule has 15 heteroatoms. The van der Waals surface area contributed by atoms with Crippen LogP contribution in [-0.2, 0) is 27.1 Å². The van der Waals surface area contributed by atoms with Crippen LogP contribution < -0.4 is 16.0 Å². The SMILES string of the molecule is COCC[S+]([O-])c1sc2nc(-c3ccc[n+](C4CCC4[S+]([O-])c4sc5nc(-c6cccnc6)nc(C6CC6)c5c4N)c3)nc(C3CC3)c2c1N. The van der Waals surface area contributed by atoms with Crippen molar-refractivity contribution >= 4 is 76.8 Å². The summed E-state index contributed by atoms with van der Waals surface area (Å²) in [5.41, 5.74) is 18.1. The predicted molar refractivity (Wildman–Crippen MR) is 198 cm³/mol. The summed E-state index contributed by atoms with van der Waals surface area (Å²) in [6.07, 6.45) is 13.6. The highest BCUT2D eigenvalue weighted by Crippen LogP contribution is 2.50. The number of rotatable bonds is 11. The second-order valence-electron chi connectivity index (χ2n) is 13.2. The highest BCUT2D eigenvalue weighted by atomic mass is 32.2. The summed E-state index contributed by atoms with van der Waals surface area (Å²) in [7, 11) is 1.60. The summed E-state index contributed by atoms with van der Waals surface area (Å²) in [6, 6.07) is 7.87. The van der Waals surface area contributed by atoms with Crippen LogP contribution >= 0.6 is 22.7 Å². The second kappa shape index (κ2) is 13.0. The van der Waals surface area contributed by atoms with Gasteiger partial charge in [0.2, 0.25) is 14.5 Å². The molecule has 0 amide bonds. The summed E-state index contributed by atoms with van der Waals surface area (Å²) < 4.78 is 36.0. The van der Waals surface area contributed by atoms with Crippen LogP contribution in [0.2, 0.25) is 0 Å². The normalized spacial score (nSPS) is 20.3. The molecular formula is C35H35N8O3S4+. The topological polar surface area (TPSA) is 176 Å². The molecule has 6 aromatic rings. The highest BCUT2D eigenvalue weighted by molar-refractivity contribution is 7.94. The maximum absolute atomic E-state index is 14.3. The second-order valence-corrected chi connectivity index (χ2v) is 18.8. The molecule has 4 unspecified atom stereocenters. The van der Waals surface area contributed by atoms with Gasteiger partial charge in [0.15, 0.2) is 29.3 Å². The molecule has 11 nitrogen and oxygen atoms in total. The van der Waals surface area contributed by atoms with Crippen molar-refractivity contribution in [2.24, 2.45) is 0 Å². The first-order valence-corrected chi connectivity index (χ1v) is 20.9. The summed E-state index contributed by atoms with van der Waals surface area (Å²) >= 11 is 0.206. The first kappa shape index (κ1) is 32.5. The maximum atomic E-state index is 14.3. The minimum Gasteiger partial charge on any atom is -0.611 e. The zero-order valence-corrected chi connectivity index (χ0v) is 30.5. The molecule has 256 valence electrons. The van der Waals surface area contributed by atoms with Gasteiger partial charge in [-0.2, -0.15) is 4.57 Å². The molecule has 0 bridgehead atoms. The summed E-state index contributed by atoms with van der Waals surface area (Å²) in [5.74, 6) is 2.30. The van der Waals surface area contributed by atoms with Gasteiger partial charge in [0.25, 0.3) is 0 Å². The zero-order valence-electron chi connectivity index (χ0n) is 27.3. The van der Waals surface area contributed by atoms with E-state index in [1.54, 1.807) is 19.5 Å². The Morgan fingerprint density at radius 2 is 1.48 bits per heavy atom. The van der Waals surface area contributed by atoms with Gasteiger partial charge in [-0.05, 0) is 43.9 Å². The maximum Gasteiger partial charge on any atom is 0.233 e. The number of nitrogens with zero attached hydrogens (tertiary/aromatic N) is 6. The van der Waals surface area contributed by atoms with Crippen molar-refractivity contribution in [2.75, 3.05) is 30.9 Å². The van der Waals surface area contributed by atoms with E-state index in [0.717, 1.165) is 81.5 Å². The molecule has 3 saturated carbocycles. The molecule has 9 rings (SSSR count). The van der Waals surface area contributed by atoms with Crippen LogP contribution in [0.5, 0.6) is 0 Å². The number of ether oxygens (including phenoxy) is 1. The fourth-order valence-corrected chi connectivity index (χ4v) is 12.5. The van der Waals surface area contributed by atoms with Crippen LogP contribution in [-0.4, -0.2) is 58.7 Å². The van der Waals surface area contributed by atoms with E-state index >= 15 is 0 Å². The predicted octanol–water partition coefficient (Wildman–Crippen LogP) is 5.90. The van der Waals surface area contributed by atoms with E-state index in [1.165, 1.54) is 22.7 Å². The summed E-state index contributed by atoms with van der Waals surface area (Å²) in [4.78, 5) is 25.6. The van der Waals surface area contributed by atoms with Gasteiger partial charge in [-0.15, -0.1) is 0 Å². The minimum atomic E-state index is -1.34. The van der Waals surface area contributed by atoms with Crippen molar-refractivity contribution in [3.8, 4) is 22.8 Å². The molecule has 0 aromatic carbocycles. The number of hydrogen-bond acceptors (Lipinski definition) is 12. The Hall–Kier alpha value is -3.44. The molecule has 3 fully saturated rings. The molecule has 3 aliphatic carbocycles. The molecule has 0 radical (unpaired) electrons. The Kier molecular flexibility index (Phi) is 8.41. The highest BCUT2D eigenvalue weighted by Gasteiger charge is 2.49. The standard InChI is InChI=1S/C35H35N8O3S4/c1-46-14-15-49(44)34-26(36)24-28(18-6-7-18)40-31(42-32(24)47-34)21-5-3-13-43(17-21)22-10-11-23(22)50(45)35-27(37)25-29(19-8-9-19)39-30(41-33(25)48-35)20-4-2-12-38-16-20/h2-5,12-13,16-19,22-23H,6-11,14-15,36-37H2,1H3/q+1. The van der Waals surface area contributed by atoms with E-state index in [2.05, 4.69) is 15.7 Å². The number of aromatic nitrogens is 6. The van der Waals surface area contributed by atoms with E-state index in [1.807, 2.05) is 30.5 Å². The molecule has 3 aliphatic rings. The third-order valence-electron chi connectivity index (χ3n) is 9.79. The lowest BCUT2D eigenvalue weighted by Crippen LogP contribution is -2.54. The third kappa shape index (κ3) is 5.72. The van der Waals surface area contributed by atoms with Gasteiger partial charge >= 0.3 is 0 Å². The zero-order chi connectivity index (χ0) is 34.1. The minimum absolute atomic E-state index is 0.0270. The molecular weight excluding hydrogens is 709 g/mol. The van der Waals surface area contributed by atoms with E-state index in [9.17, 15) is 9.11 Å². The quantitative estimate of drug-likeness (QED) is 0.120. The van der Waals surface area contributed by atoms with E-state index in [0.29, 0.717) is 55.6 Å². The Labute approximate surface area is 302 Å². The van der Waals surface area contributed by atoms with Crippen LogP contribution in [0.4, 0.5) is 11.4 Å². The van der Waals surface area contributed by atoms with Gasteiger partial charge in [0, 0.05) is 78.2 Å². The van der Waals surface area contributed by atoms with E-state index < -0.39 is 22.4 Å². The van der Waals surface area contributed by atoms with Crippen molar-refractivity contribution in [3.63, 3.8) is 0 Å². The van der Waals surface area contributed by atoms with Gasteiger partial charge in [0.1, 0.15) is 26.8 Å². The van der Waals surface area contributed by atoms with Crippen molar-refractivity contribution in [1.29, 1.82) is 0 Å². The van der Waals surface area contributed by atoms with Crippen LogP contribution in [0.15, 0.2) is 57.5 Å². The largest absolute Gasteiger partial charge is 0.611 e. The van der Waals surface area contributed by atoms with Crippen molar-refractivity contribution in [2.45, 2.75) is 70.1 Å². The van der Waals surface area contributed by atoms with Crippen LogP contribution in [0.3, 0.4) is 0 Å². The van der Waals surface area contributed by atoms with Crippen molar-refractivity contribution < 1.29 is 18.4 Å². The number of anilines is 2. The molecule has 6 heterocycles. The van der Waals surface area contributed by atoms with Crippen LogP contribution in [0.25, 0.3) is 43.2 Å². The number of hydrogen-bond donors (Lipinski definition) is 2. The fraction of sp³-hybridized carbons (Fsp3) is 0.371. The Bertz CT molecular complexity index is 2240. The lowest BCUT2D eigenvalue weighted by Gasteiger charge is -2.32. The average Bonchev–Trinajstić information content (AvgIpc) is 4.06. The van der Waals surface area contributed by atoms with Crippen LogP contribution in [0, 0.1) is 0 Å². The van der Waals surface area contributed by atoms with Gasteiger partial charge in [0.05, 0.1) is 34.3 Å². The fourth-order valence-electron chi connectivity index (χ4n) is 6.70. The van der Waals surface area contributed by atoms with Gasteiger partial charge in [-0.25, -0.2) is 19.9 Å². The smallest absolute Gasteiger partial charge is 0.233 e. The molecule has 0 saturated heterocycles. The Morgan fingerprint density at radius 3 is 2.08 bits per heavy atom. The van der Waals surface area contributed by atoms with Crippen LogP contribution in [0.1, 0.15) is 67.8 Å². The van der Waals surface area contributed by atoms with Gasteiger partial charge in [-0.1, -0.05) is 22.7 Å². The number of nitrogen functional groups attached to an aromatic ring is 2. The number of methoxy groups -OCH3 is 1. The monoisotopic (exact) mass is 743 g/mol. The van der Waals surface area contributed by atoms with Gasteiger partial charge in [-0.3, -0.25) is 4.98 Å². The third-order valence-corrected chi connectivity index (χ3v) is 16.0. The van der Waals surface area contributed by atoms with Crippen molar-refractivity contribution in [1.82, 2.24) is 24.9 Å². The number of fused-ring (bicyclic) bond motifs is 2. The van der Waals surface area contributed by atoms with E-state index in [4.69, 9.17) is 36.1 Å². The first-order chi connectivity index (χ1) is 24.4. The number of nitrogens with two attached hydrogens (primary N) is 2. The molecule has 50 heavy (non-hydrogen) atoms. The average molecular weight is 744 g/mol. The summed E-state index contributed by atoms with van der Waals surface area (Å²) in [5, 5.41) is 1.59. The molecule has 4 N–H and O–H groups in total. The lowest BCUT2D eigenvalue weighted by molar-refractivity contribution is -0.731. The molecule has 4 atom stereocenters. The lowest BCUT2D eigenvalue weighted by atomic mass is 9.91. The number of thiophene rings is 2. The van der Waals surface area contributed by atoms with Gasteiger partial charge < -0.3 is 25.3 Å². The first-order valence-electron chi connectivity index (χ1n) is 16.8. The Balaban J connectivity index is 1.03. The van der Waals surface area contributed by atoms with E-state index in [-0.39, 0.29) is 11.3 Å². The molecule has 6 aromatic heterocycles. The molecule has 0 aliphatic heterocycles. The summed E-state index contributed by atoms with van der Waals surface area (Å²) in [6.45, 7) is 0.391. The number of pyridine rings is 2. The Morgan fingerprint density at radius 1 is 0.840 bits per heavy atom. The molecule has 0 spiro atoms.